The van der Waals surface area contributed by atoms with E-state index in [9.17, 15) is 0 Å². The Morgan fingerprint density at radius 1 is 0.895 bits per heavy atom. The summed E-state index contributed by atoms with van der Waals surface area (Å²) in [7, 11) is 0. The molecule has 0 aromatic rings. The van der Waals surface area contributed by atoms with Gasteiger partial charge in [0.1, 0.15) is 0 Å². The van der Waals surface area contributed by atoms with Crippen LogP contribution in [0.15, 0.2) is 0 Å². The summed E-state index contributed by atoms with van der Waals surface area (Å²) in [5, 5.41) is 0. The third kappa shape index (κ3) is 8.60. The van der Waals surface area contributed by atoms with E-state index in [-0.39, 0.29) is 0 Å². The van der Waals surface area contributed by atoms with E-state index >= 15 is 0 Å². The van der Waals surface area contributed by atoms with Gasteiger partial charge in [0.25, 0.3) is 0 Å². The van der Waals surface area contributed by atoms with E-state index in [0.29, 0.717) is 0 Å². The second kappa shape index (κ2) is 13.3. The Hall–Kier alpha value is 1.63. The Kier molecular flexibility index (Phi) is 14.4. The van der Waals surface area contributed by atoms with Crippen molar-refractivity contribution in [1.29, 1.82) is 0 Å². The normalized spacial score (nSPS) is 13.7. The van der Waals surface area contributed by atoms with Gasteiger partial charge >= 0.3 is 140 Å². The van der Waals surface area contributed by atoms with Gasteiger partial charge in [-0.15, -0.1) is 0 Å². The molecule has 3 heteroatoms. The summed E-state index contributed by atoms with van der Waals surface area (Å²) >= 11 is 4.25. The molecule has 0 heterocycles. The van der Waals surface area contributed by atoms with E-state index in [0.717, 1.165) is 2.84 Å². The van der Waals surface area contributed by atoms with E-state index < -0.39 is 18.4 Å². The van der Waals surface area contributed by atoms with Crippen molar-refractivity contribution in [3.8, 4) is 0 Å². The van der Waals surface area contributed by atoms with Crippen LogP contribution in [0.5, 0.6) is 0 Å². The van der Waals surface area contributed by atoms with Crippen molar-refractivity contribution in [1.82, 2.24) is 0 Å². The Bertz CT molecular complexity index is 177. The fourth-order valence-electron chi connectivity index (χ4n) is 2.96. The van der Waals surface area contributed by atoms with Crippen LogP contribution in [0.25, 0.3) is 0 Å². The Labute approximate surface area is 139 Å². The van der Waals surface area contributed by atoms with Crippen LogP contribution in [-0.4, -0.2) is 33.2 Å². The van der Waals surface area contributed by atoms with Crippen LogP contribution < -0.4 is 0 Å². The standard InChI is InChI=1S/C4H8BrS.3C4H9.Sn/c1-6-4-2-3-5;3*1-3-4-2;/h3H,2,4H2,1H3;3*1,3-4H2,2H3;. The van der Waals surface area contributed by atoms with Gasteiger partial charge in [-0.3, -0.25) is 0 Å². The molecule has 0 nitrogen and oxygen atoms in total. The zero-order valence-electron chi connectivity index (χ0n) is 13.6. The maximum absolute atomic E-state index is 4.17. The monoisotopic (exact) mass is 458 g/mol. The van der Waals surface area contributed by atoms with Crippen molar-refractivity contribution in [3.63, 3.8) is 0 Å². The van der Waals surface area contributed by atoms with Gasteiger partial charge < -0.3 is 0 Å². The van der Waals surface area contributed by atoms with Crippen molar-refractivity contribution < 1.29 is 0 Å². The van der Waals surface area contributed by atoms with Crippen molar-refractivity contribution >= 4 is 46.1 Å². The number of rotatable bonds is 13. The number of unbranched alkanes of at least 4 members (excludes halogenated alkanes) is 3. The molecule has 1 unspecified atom stereocenters. The first-order chi connectivity index (χ1) is 9.16. The van der Waals surface area contributed by atoms with Crippen molar-refractivity contribution in [2.45, 2.75) is 81.9 Å². The summed E-state index contributed by atoms with van der Waals surface area (Å²) in [6, 6.07) is 0. The Morgan fingerprint density at radius 3 is 1.63 bits per heavy atom. The molecule has 0 aliphatic rings. The van der Waals surface area contributed by atoms with Crippen molar-refractivity contribution in [2.24, 2.45) is 0 Å². The van der Waals surface area contributed by atoms with Crippen LogP contribution in [0.4, 0.5) is 0 Å². The summed E-state index contributed by atoms with van der Waals surface area (Å²) in [6.07, 6.45) is 12.3. The third-order valence-corrected chi connectivity index (χ3v) is 28.1. The molecule has 0 rings (SSSR count). The summed E-state index contributed by atoms with van der Waals surface area (Å²) < 4.78 is 5.83. The van der Waals surface area contributed by atoms with E-state index in [2.05, 4.69) is 43.0 Å². The van der Waals surface area contributed by atoms with Gasteiger partial charge in [-0.2, -0.15) is 0 Å². The molecule has 0 N–H and O–H groups in total. The van der Waals surface area contributed by atoms with Crippen molar-refractivity contribution in [2.75, 3.05) is 12.0 Å². The molecular weight excluding hydrogens is 423 g/mol. The molecule has 0 radical (unpaired) electrons. The molecule has 0 amide bonds. The van der Waals surface area contributed by atoms with Crippen LogP contribution in [0, 0.1) is 0 Å². The summed E-state index contributed by atoms with van der Waals surface area (Å²) in [4.78, 5) is 0. The van der Waals surface area contributed by atoms with Crippen LogP contribution >= 0.6 is 27.7 Å². The van der Waals surface area contributed by atoms with Gasteiger partial charge in [-0.05, 0) is 0 Å². The fourth-order valence-corrected chi connectivity index (χ4v) is 25.2. The van der Waals surface area contributed by atoms with Crippen molar-refractivity contribution in [3.05, 3.63) is 0 Å². The minimum absolute atomic E-state index is 0.930. The first-order valence-electron chi connectivity index (χ1n) is 8.29. The SMILES string of the molecule is CCC[CH2][Sn]([CH2]CCC)([CH2]CCC)[CH](Br)CCSC. The molecule has 0 aliphatic carbocycles. The number of alkyl halides is 1. The number of hydrogen-bond donors (Lipinski definition) is 0. The second-order valence-corrected chi connectivity index (χ2v) is 24.5. The van der Waals surface area contributed by atoms with Crippen LogP contribution in [0.3, 0.4) is 0 Å². The summed E-state index contributed by atoms with van der Waals surface area (Å²) in [5.41, 5.74) is 0. The van der Waals surface area contributed by atoms with Gasteiger partial charge in [0.05, 0.1) is 0 Å². The third-order valence-electron chi connectivity index (χ3n) is 4.32. The molecule has 0 spiro atoms. The van der Waals surface area contributed by atoms with E-state index in [4.69, 9.17) is 0 Å². The molecular formula is C16H35BrSSn. The van der Waals surface area contributed by atoms with E-state index in [1.807, 2.05) is 11.8 Å². The first-order valence-corrected chi connectivity index (χ1v) is 18.3. The van der Waals surface area contributed by atoms with E-state index in [1.54, 1.807) is 13.3 Å². The predicted octanol–water partition coefficient (Wildman–Crippen LogP) is 6.89. The zero-order chi connectivity index (χ0) is 14.6. The molecule has 0 aromatic heterocycles. The quantitative estimate of drug-likeness (QED) is 0.214. The molecule has 19 heavy (non-hydrogen) atoms. The van der Waals surface area contributed by atoms with Crippen LogP contribution in [0.2, 0.25) is 13.3 Å². The molecule has 1 atom stereocenters. The van der Waals surface area contributed by atoms with Gasteiger partial charge in [0.15, 0.2) is 0 Å². The van der Waals surface area contributed by atoms with Gasteiger partial charge in [0, 0.05) is 0 Å². The van der Waals surface area contributed by atoms with Gasteiger partial charge in [-0.25, -0.2) is 0 Å². The topological polar surface area (TPSA) is 0 Å². The van der Waals surface area contributed by atoms with Gasteiger partial charge in [0.2, 0.25) is 0 Å². The van der Waals surface area contributed by atoms with Gasteiger partial charge in [-0.1, -0.05) is 0 Å². The number of thioether (sulfide) groups is 1. The molecule has 0 aliphatic heterocycles. The molecule has 0 aromatic carbocycles. The molecule has 116 valence electrons. The molecule has 0 saturated heterocycles. The predicted molar refractivity (Wildman–Crippen MR) is 101 cm³/mol. The molecule has 0 fully saturated rings. The molecule has 0 bridgehead atoms. The first kappa shape index (κ1) is 20.6. The summed E-state index contributed by atoms with van der Waals surface area (Å²) in [5.74, 6) is 1.35. The zero-order valence-corrected chi connectivity index (χ0v) is 18.9. The Balaban J connectivity index is 4.73. The van der Waals surface area contributed by atoms with E-state index in [1.165, 1.54) is 50.7 Å². The average Bonchev–Trinajstić information content (AvgIpc) is 2.44. The fraction of sp³-hybridized carbons (Fsp3) is 1.00. The minimum atomic E-state index is -1.95. The maximum atomic E-state index is 4.17. The second-order valence-electron chi connectivity index (χ2n) is 5.92. The van der Waals surface area contributed by atoms with Crippen LogP contribution in [0.1, 0.15) is 65.7 Å². The summed E-state index contributed by atoms with van der Waals surface area (Å²) in [6.45, 7) is 7.09. The number of hydrogen-bond acceptors (Lipinski definition) is 1. The average molecular weight is 458 g/mol. The number of halogens is 1. The Morgan fingerprint density at radius 2 is 1.32 bits per heavy atom. The molecule has 0 saturated carbocycles. The van der Waals surface area contributed by atoms with Crippen LogP contribution in [-0.2, 0) is 0 Å².